The second-order valence-corrected chi connectivity index (χ2v) is 5.34. The smallest absolute Gasteiger partial charge is 0.345 e. The summed E-state index contributed by atoms with van der Waals surface area (Å²) < 4.78 is 10.6. The standard InChI is InChI=1S/C17H17ClO4/c1-11-3-6-13(7-4-11)22-16(17(19)20)10-12-5-8-15(21-2)14(18)9-12/h3-9,16H,10H2,1-2H3,(H,19,20)/t16-/m0/s1. The fraction of sp³-hybridized carbons (Fsp3) is 0.235. The molecule has 0 saturated heterocycles. The molecule has 1 atom stereocenters. The molecule has 0 unspecified atom stereocenters. The van der Waals surface area contributed by atoms with Gasteiger partial charge in [-0.05, 0) is 36.8 Å². The molecule has 0 heterocycles. The van der Waals surface area contributed by atoms with Gasteiger partial charge in [0.25, 0.3) is 0 Å². The number of carboxylic acid groups (broad SMARTS) is 1. The lowest BCUT2D eigenvalue weighted by Crippen LogP contribution is -2.29. The van der Waals surface area contributed by atoms with Gasteiger partial charge in [0.1, 0.15) is 11.5 Å². The number of ether oxygens (including phenoxy) is 2. The third kappa shape index (κ3) is 4.15. The van der Waals surface area contributed by atoms with Crippen LogP contribution in [0.3, 0.4) is 0 Å². The molecule has 22 heavy (non-hydrogen) atoms. The van der Waals surface area contributed by atoms with Crippen molar-refractivity contribution in [2.45, 2.75) is 19.4 Å². The minimum absolute atomic E-state index is 0.215. The Morgan fingerprint density at radius 3 is 2.45 bits per heavy atom. The number of carbonyl (C=O) groups is 1. The average Bonchev–Trinajstić information content (AvgIpc) is 2.49. The lowest BCUT2D eigenvalue weighted by Gasteiger charge is -2.16. The maximum absolute atomic E-state index is 11.4. The Morgan fingerprint density at radius 2 is 1.91 bits per heavy atom. The first-order chi connectivity index (χ1) is 10.5. The molecule has 0 amide bonds. The van der Waals surface area contributed by atoms with Crippen LogP contribution in [0.5, 0.6) is 11.5 Å². The van der Waals surface area contributed by atoms with Gasteiger partial charge in [-0.3, -0.25) is 0 Å². The number of methoxy groups -OCH3 is 1. The van der Waals surface area contributed by atoms with Crippen LogP contribution in [0.4, 0.5) is 0 Å². The summed E-state index contributed by atoms with van der Waals surface area (Å²) >= 11 is 6.06. The van der Waals surface area contributed by atoms with E-state index in [0.717, 1.165) is 11.1 Å². The van der Waals surface area contributed by atoms with Crippen molar-refractivity contribution < 1.29 is 19.4 Å². The van der Waals surface area contributed by atoms with Crippen LogP contribution in [0.15, 0.2) is 42.5 Å². The molecule has 0 radical (unpaired) electrons. The molecular formula is C17H17ClO4. The number of aliphatic carboxylic acids is 1. The number of halogens is 1. The quantitative estimate of drug-likeness (QED) is 0.881. The number of benzene rings is 2. The molecule has 2 rings (SSSR count). The zero-order valence-corrected chi connectivity index (χ0v) is 13.1. The Labute approximate surface area is 134 Å². The van der Waals surface area contributed by atoms with Gasteiger partial charge in [-0.1, -0.05) is 35.4 Å². The highest BCUT2D eigenvalue weighted by atomic mass is 35.5. The number of carboxylic acids is 1. The number of hydrogen-bond donors (Lipinski definition) is 1. The topological polar surface area (TPSA) is 55.8 Å². The summed E-state index contributed by atoms with van der Waals surface area (Å²) in [5.41, 5.74) is 1.85. The summed E-state index contributed by atoms with van der Waals surface area (Å²) in [5.74, 6) is 0.0573. The second kappa shape index (κ2) is 7.18. The molecule has 4 nitrogen and oxygen atoms in total. The largest absolute Gasteiger partial charge is 0.495 e. The fourth-order valence-corrected chi connectivity index (χ4v) is 2.29. The van der Waals surface area contributed by atoms with Crippen LogP contribution >= 0.6 is 11.6 Å². The minimum Gasteiger partial charge on any atom is -0.495 e. The summed E-state index contributed by atoms with van der Waals surface area (Å²) in [7, 11) is 1.53. The lowest BCUT2D eigenvalue weighted by molar-refractivity contribution is -0.145. The van der Waals surface area contributed by atoms with Gasteiger partial charge in [0, 0.05) is 6.42 Å². The van der Waals surface area contributed by atoms with E-state index in [-0.39, 0.29) is 6.42 Å². The summed E-state index contributed by atoms with van der Waals surface area (Å²) in [6.07, 6.45) is -0.764. The van der Waals surface area contributed by atoms with Crippen LogP contribution in [0.2, 0.25) is 5.02 Å². The average molecular weight is 321 g/mol. The molecule has 0 aliphatic heterocycles. The summed E-state index contributed by atoms with van der Waals surface area (Å²) in [6.45, 7) is 1.96. The molecule has 0 spiro atoms. The van der Waals surface area contributed by atoms with Crippen molar-refractivity contribution in [2.75, 3.05) is 7.11 Å². The van der Waals surface area contributed by atoms with Crippen LogP contribution in [0.25, 0.3) is 0 Å². The van der Waals surface area contributed by atoms with Gasteiger partial charge in [-0.25, -0.2) is 4.79 Å². The molecule has 2 aromatic rings. The van der Waals surface area contributed by atoms with Crippen molar-refractivity contribution in [1.29, 1.82) is 0 Å². The van der Waals surface area contributed by atoms with E-state index >= 15 is 0 Å². The van der Waals surface area contributed by atoms with E-state index in [2.05, 4.69) is 0 Å². The third-order valence-electron chi connectivity index (χ3n) is 3.21. The second-order valence-electron chi connectivity index (χ2n) is 4.93. The highest BCUT2D eigenvalue weighted by Crippen LogP contribution is 2.26. The van der Waals surface area contributed by atoms with E-state index in [0.29, 0.717) is 16.5 Å². The molecule has 0 fully saturated rings. The summed E-state index contributed by atoms with van der Waals surface area (Å²) in [5, 5.41) is 9.78. The van der Waals surface area contributed by atoms with E-state index in [1.807, 2.05) is 19.1 Å². The lowest BCUT2D eigenvalue weighted by atomic mass is 10.1. The van der Waals surface area contributed by atoms with E-state index in [9.17, 15) is 9.90 Å². The van der Waals surface area contributed by atoms with Crippen molar-refractivity contribution in [1.82, 2.24) is 0 Å². The van der Waals surface area contributed by atoms with E-state index in [1.54, 1.807) is 30.3 Å². The minimum atomic E-state index is -1.02. The predicted molar refractivity (Wildman–Crippen MR) is 84.9 cm³/mol. The SMILES string of the molecule is COc1ccc(C[C@H](Oc2ccc(C)cc2)C(=O)O)cc1Cl. The Bertz CT molecular complexity index is 652. The van der Waals surface area contributed by atoms with Crippen LogP contribution in [0.1, 0.15) is 11.1 Å². The molecule has 116 valence electrons. The molecular weight excluding hydrogens is 304 g/mol. The first kappa shape index (κ1) is 16.2. The van der Waals surface area contributed by atoms with Crippen molar-refractivity contribution in [2.24, 2.45) is 0 Å². The molecule has 0 aliphatic carbocycles. The van der Waals surface area contributed by atoms with Crippen molar-refractivity contribution in [3.05, 3.63) is 58.6 Å². The molecule has 0 bridgehead atoms. The van der Waals surface area contributed by atoms with Crippen LogP contribution < -0.4 is 9.47 Å². The molecule has 5 heteroatoms. The predicted octanol–water partition coefficient (Wildman–Crippen LogP) is 3.73. The first-order valence-corrected chi connectivity index (χ1v) is 7.16. The Kier molecular flexibility index (Phi) is 5.28. The van der Waals surface area contributed by atoms with Gasteiger partial charge in [0.15, 0.2) is 6.10 Å². The van der Waals surface area contributed by atoms with Crippen molar-refractivity contribution in [3.8, 4) is 11.5 Å². The number of hydrogen-bond acceptors (Lipinski definition) is 3. The Balaban J connectivity index is 2.13. The van der Waals surface area contributed by atoms with Gasteiger partial charge in [0.2, 0.25) is 0 Å². The van der Waals surface area contributed by atoms with E-state index < -0.39 is 12.1 Å². The maximum Gasteiger partial charge on any atom is 0.345 e. The number of rotatable bonds is 6. The van der Waals surface area contributed by atoms with E-state index in [4.69, 9.17) is 21.1 Å². The third-order valence-corrected chi connectivity index (χ3v) is 3.51. The van der Waals surface area contributed by atoms with Crippen LogP contribution in [-0.2, 0) is 11.2 Å². The molecule has 0 aromatic heterocycles. The summed E-state index contributed by atoms with van der Waals surface area (Å²) in [4.78, 5) is 11.4. The maximum atomic E-state index is 11.4. The van der Waals surface area contributed by atoms with Crippen LogP contribution in [0, 0.1) is 6.92 Å². The molecule has 0 saturated carbocycles. The molecule has 0 aliphatic rings. The van der Waals surface area contributed by atoms with Gasteiger partial charge in [-0.15, -0.1) is 0 Å². The van der Waals surface area contributed by atoms with E-state index in [1.165, 1.54) is 7.11 Å². The Hall–Kier alpha value is -2.20. The zero-order chi connectivity index (χ0) is 16.1. The molecule has 1 N–H and O–H groups in total. The van der Waals surface area contributed by atoms with Crippen molar-refractivity contribution >= 4 is 17.6 Å². The van der Waals surface area contributed by atoms with Gasteiger partial charge < -0.3 is 14.6 Å². The highest BCUT2D eigenvalue weighted by Gasteiger charge is 2.20. The monoisotopic (exact) mass is 320 g/mol. The first-order valence-electron chi connectivity index (χ1n) is 6.78. The van der Waals surface area contributed by atoms with Gasteiger partial charge >= 0.3 is 5.97 Å². The highest BCUT2D eigenvalue weighted by molar-refractivity contribution is 6.32. The van der Waals surface area contributed by atoms with Crippen molar-refractivity contribution in [3.63, 3.8) is 0 Å². The molecule has 2 aromatic carbocycles. The zero-order valence-electron chi connectivity index (χ0n) is 12.4. The Morgan fingerprint density at radius 1 is 1.23 bits per heavy atom. The summed E-state index contributed by atoms with van der Waals surface area (Å²) in [6, 6.07) is 12.4. The van der Waals surface area contributed by atoms with Gasteiger partial charge in [-0.2, -0.15) is 0 Å². The van der Waals surface area contributed by atoms with Crippen LogP contribution in [-0.4, -0.2) is 24.3 Å². The fourth-order valence-electron chi connectivity index (χ4n) is 2.01. The number of aryl methyl sites for hydroxylation is 1. The van der Waals surface area contributed by atoms with Gasteiger partial charge in [0.05, 0.1) is 12.1 Å². The normalized spacial score (nSPS) is 11.8.